The summed E-state index contributed by atoms with van der Waals surface area (Å²) >= 11 is 13.7. The fourth-order valence-corrected chi connectivity index (χ4v) is 3.67. The molecule has 0 aliphatic heterocycles. The summed E-state index contributed by atoms with van der Waals surface area (Å²) in [5, 5.41) is 3.57. The predicted molar refractivity (Wildman–Crippen MR) is 95.3 cm³/mol. The van der Waals surface area contributed by atoms with Gasteiger partial charge < -0.3 is 4.74 Å². The first-order valence-corrected chi connectivity index (χ1v) is 8.64. The van der Waals surface area contributed by atoms with Gasteiger partial charge in [-0.25, -0.2) is 4.98 Å². The highest BCUT2D eigenvalue weighted by Gasteiger charge is 2.13. The number of aryl methyl sites for hydroxylation is 2. The van der Waals surface area contributed by atoms with Crippen molar-refractivity contribution in [1.82, 2.24) is 9.55 Å². The van der Waals surface area contributed by atoms with Crippen molar-refractivity contribution >= 4 is 45.4 Å². The zero-order valence-corrected chi connectivity index (χ0v) is 14.9. The maximum absolute atomic E-state index is 11.7. The lowest BCUT2D eigenvalue weighted by molar-refractivity contribution is 0.299. The van der Waals surface area contributed by atoms with Crippen molar-refractivity contribution in [3.8, 4) is 5.75 Å². The van der Waals surface area contributed by atoms with E-state index in [1.54, 1.807) is 10.6 Å². The summed E-state index contributed by atoms with van der Waals surface area (Å²) in [6.45, 7) is 4.57. The van der Waals surface area contributed by atoms with E-state index in [4.69, 9.17) is 27.9 Å². The van der Waals surface area contributed by atoms with Gasteiger partial charge in [-0.15, -0.1) is 0 Å². The molecular weight excluding hydrogens is 355 g/mol. The number of thiazole rings is 1. The van der Waals surface area contributed by atoms with Crippen molar-refractivity contribution in [2.75, 3.05) is 6.61 Å². The molecule has 120 valence electrons. The van der Waals surface area contributed by atoms with Crippen molar-refractivity contribution in [3.63, 3.8) is 0 Å². The topological polar surface area (TPSA) is 44.1 Å². The van der Waals surface area contributed by atoms with Gasteiger partial charge in [0.1, 0.15) is 12.1 Å². The molecule has 1 aromatic carbocycles. The third-order valence-corrected chi connectivity index (χ3v) is 4.99. The Bertz CT molecular complexity index is 934. The van der Waals surface area contributed by atoms with E-state index < -0.39 is 0 Å². The van der Waals surface area contributed by atoms with Crippen LogP contribution in [0.5, 0.6) is 5.75 Å². The summed E-state index contributed by atoms with van der Waals surface area (Å²) in [6, 6.07) is 5.44. The molecule has 2 heterocycles. The van der Waals surface area contributed by atoms with E-state index in [0.717, 1.165) is 16.8 Å². The first kappa shape index (κ1) is 16.3. The Labute approximate surface area is 147 Å². The second-order valence-electron chi connectivity index (χ2n) is 5.16. The number of nitrogens with zero attached hydrogens (tertiary/aromatic N) is 2. The Kier molecular flexibility index (Phi) is 4.62. The van der Waals surface area contributed by atoms with Gasteiger partial charge in [-0.3, -0.25) is 9.36 Å². The highest BCUT2D eigenvalue weighted by Crippen LogP contribution is 2.37. The molecule has 3 rings (SSSR count). The third-order valence-electron chi connectivity index (χ3n) is 3.51. The van der Waals surface area contributed by atoms with Crippen molar-refractivity contribution < 1.29 is 4.74 Å². The van der Waals surface area contributed by atoms with E-state index in [0.29, 0.717) is 34.5 Å². The number of hydrogen-bond acceptors (Lipinski definition) is 4. The predicted octanol–water partition coefficient (Wildman–Crippen LogP) is 4.46. The second-order valence-corrected chi connectivity index (χ2v) is 6.80. The van der Waals surface area contributed by atoms with Crippen molar-refractivity contribution in [1.29, 1.82) is 0 Å². The molecule has 0 aliphatic carbocycles. The molecule has 0 bridgehead atoms. The van der Waals surface area contributed by atoms with Crippen LogP contribution in [0.2, 0.25) is 10.0 Å². The number of benzene rings is 1. The Morgan fingerprint density at radius 2 is 2.04 bits per heavy atom. The number of halogens is 2. The Morgan fingerprint density at radius 3 is 2.74 bits per heavy atom. The van der Waals surface area contributed by atoms with E-state index in [9.17, 15) is 4.79 Å². The molecule has 2 aromatic heterocycles. The Morgan fingerprint density at radius 1 is 1.26 bits per heavy atom. The van der Waals surface area contributed by atoms with Gasteiger partial charge >= 0.3 is 4.87 Å². The fourth-order valence-electron chi connectivity index (χ4n) is 2.34. The first-order valence-electron chi connectivity index (χ1n) is 7.00. The number of hydrogen-bond donors (Lipinski definition) is 0. The molecule has 3 aromatic rings. The number of pyridine rings is 1. The summed E-state index contributed by atoms with van der Waals surface area (Å²) in [6.07, 6.45) is 0. The highest BCUT2D eigenvalue weighted by atomic mass is 35.5. The normalized spacial score (nSPS) is 11.1. The first-order chi connectivity index (χ1) is 11.0. The minimum absolute atomic E-state index is 0.00660. The lowest BCUT2D eigenvalue weighted by Crippen LogP contribution is -2.19. The molecule has 0 saturated heterocycles. The number of ether oxygens (including phenoxy) is 1. The maximum atomic E-state index is 11.7. The van der Waals surface area contributed by atoms with Gasteiger partial charge in [0.15, 0.2) is 5.75 Å². The standard InChI is InChI=1S/C16H14Cl2N2O2S/c1-9-3-4-11-12(17)7-13(18)15(14(11)19-9)22-6-5-20-10(2)8-23-16(20)21/h3-4,7-8H,5-6H2,1-2H3. The van der Waals surface area contributed by atoms with Crippen LogP contribution in [0.1, 0.15) is 11.4 Å². The molecule has 23 heavy (non-hydrogen) atoms. The van der Waals surface area contributed by atoms with Crippen LogP contribution in [0.3, 0.4) is 0 Å². The molecule has 7 heteroatoms. The lowest BCUT2D eigenvalue weighted by atomic mass is 10.2. The second kappa shape index (κ2) is 6.51. The molecule has 0 amide bonds. The molecule has 0 saturated carbocycles. The summed E-state index contributed by atoms with van der Waals surface area (Å²) in [4.78, 5) is 16.2. The minimum atomic E-state index is 0.00660. The molecular formula is C16H14Cl2N2O2S. The van der Waals surface area contributed by atoms with Crippen molar-refractivity contribution in [2.24, 2.45) is 0 Å². The van der Waals surface area contributed by atoms with Gasteiger partial charge in [-0.05, 0) is 32.0 Å². The van der Waals surface area contributed by atoms with Gasteiger partial charge in [-0.1, -0.05) is 34.5 Å². The van der Waals surface area contributed by atoms with Gasteiger partial charge in [-0.2, -0.15) is 0 Å². The molecule has 0 atom stereocenters. The maximum Gasteiger partial charge on any atom is 0.307 e. The third kappa shape index (κ3) is 3.22. The van der Waals surface area contributed by atoms with E-state index in [2.05, 4.69) is 4.98 Å². The van der Waals surface area contributed by atoms with E-state index in [1.807, 2.05) is 31.4 Å². The van der Waals surface area contributed by atoms with Crippen LogP contribution in [-0.2, 0) is 6.54 Å². The van der Waals surface area contributed by atoms with E-state index in [1.165, 1.54) is 11.3 Å². The molecule has 0 aliphatic rings. The van der Waals surface area contributed by atoms with Gasteiger partial charge in [0.25, 0.3) is 0 Å². The van der Waals surface area contributed by atoms with Gasteiger partial charge in [0.05, 0.1) is 16.6 Å². The highest BCUT2D eigenvalue weighted by molar-refractivity contribution is 7.07. The van der Waals surface area contributed by atoms with Crippen LogP contribution in [0, 0.1) is 13.8 Å². The number of fused-ring (bicyclic) bond motifs is 1. The zero-order valence-electron chi connectivity index (χ0n) is 12.6. The smallest absolute Gasteiger partial charge is 0.307 e. The lowest BCUT2D eigenvalue weighted by Gasteiger charge is -2.13. The molecule has 0 N–H and O–H groups in total. The summed E-state index contributed by atoms with van der Waals surface area (Å²) in [7, 11) is 0. The summed E-state index contributed by atoms with van der Waals surface area (Å²) in [5.41, 5.74) is 2.41. The van der Waals surface area contributed by atoms with Crippen LogP contribution in [0.25, 0.3) is 10.9 Å². The van der Waals surface area contributed by atoms with Crippen LogP contribution in [-0.4, -0.2) is 16.2 Å². The molecule has 4 nitrogen and oxygen atoms in total. The summed E-state index contributed by atoms with van der Waals surface area (Å²) < 4.78 is 7.51. The van der Waals surface area contributed by atoms with Gasteiger partial charge in [0, 0.05) is 22.2 Å². The van der Waals surface area contributed by atoms with Crippen LogP contribution >= 0.6 is 34.5 Å². The minimum Gasteiger partial charge on any atom is -0.488 e. The molecule has 0 radical (unpaired) electrons. The molecule has 0 unspecified atom stereocenters. The van der Waals surface area contributed by atoms with Crippen molar-refractivity contribution in [2.45, 2.75) is 20.4 Å². The largest absolute Gasteiger partial charge is 0.488 e. The SMILES string of the molecule is Cc1ccc2c(Cl)cc(Cl)c(OCCn3c(C)csc3=O)c2n1. The Hall–Kier alpha value is -1.56. The zero-order chi connectivity index (χ0) is 16.6. The molecule has 0 spiro atoms. The van der Waals surface area contributed by atoms with Gasteiger partial charge in [0.2, 0.25) is 0 Å². The summed E-state index contributed by atoms with van der Waals surface area (Å²) in [5.74, 6) is 0.496. The number of aromatic nitrogens is 2. The van der Waals surface area contributed by atoms with E-state index in [-0.39, 0.29) is 4.87 Å². The van der Waals surface area contributed by atoms with Crippen LogP contribution < -0.4 is 9.61 Å². The average molecular weight is 369 g/mol. The fraction of sp³-hybridized carbons (Fsp3) is 0.250. The number of rotatable bonds is 4. The monoisotopic (exact) mass is 368 g/mol. The molecule has 0 fully saturated rings. The van der Waals surface area contributed by atoms with Crippen molar-refractivity contribution in [3.05, 3.63) is 54.7 Å². The quantitative estimate of drug-likeness (QED) is 0.682. The Balaban J connectivity index is 1.91. The average Bonchev–Trinajstić information content (AvgIpc) is 2.81. The van der Waals surface area contributed by atoms with Crippen LogP contribution in [0.4, 0.5) is 0 Å². The van der Waals surface area contributed by atoms with E-state index >= 15 is 0 Å². The van der Waals surface area contributed by atoms with Crippen LogP contribution in [0.15, 0.2) is 28.4 Å².